The Morgan fingerprint density at radius 1 is 1.19 bits per heavy atom. The van der Waals surface area contributed by atoms with Gasteiger partial charge in [-0.05, 0) is 37.2 Å². The normalized spacial score (nSPS) is 14.8. The highest BCUT2D eigenvalue weighted by Gasteiger charge is 2.22. The Morgan fingerprint density at radius 2 is 1.81 bits per heavy atom. The number of esters is 1. The summed E-state index contributed by atoms with van der Waals surface area (Å²) < 4.78 is 6.44. The van der Waals surface area contributed by atoms with E-state index in [1.165, 1.54) is 13.5 Å². The van der Waals surface area contributed by atoms with Gasteiger partial charge in [0.05, 0.1) is 18.4 Å². The molecular formula is C20H25N5O2. The van der Waals surface area contributed by atoms with Crippen LogP contribution in [0.25, 0.3) is 5.69 Å². The quantitative estimate of drug-likeness (QED) is 0.816. The van der Waals surface area contributed by atoms with Crippen molar-refractivity contribution in [3.63, 3.8) is 0 Å². The van der Waals surface area contributed by atoms with Gasteiger partial charge < -0.3 is 19.9 Å². The Kier molecular flexibility index (Phi) is 5.67. The van der Waals surface area contributed by atoms with Crippen LogP contribution >= 0.6 is 0 Å². The fraction of sp³-hybridized carbons (Fsp3) is 0.400. The van der Waals surface area contributed by atoms with Crippen molar-refractivity contribution >= 4 is 17.3 Å². The van der Waals surface area contributed by atoms with E-state index in [1.54, 1.807) is 10.8 Å². The second-order valence-electron chi connectivity index (χ2n) is 6.62. The summed E-state index contributed by atoms with van der Waals surface area (Å²) in [6.07, 6.45) is 2.75. The molecule has 1 aromatic carbocycles. The smallest absolute Gasteiger partial charge is 0.357 e. The van der Waals surface area contributed by atoms with Gasteiger partial charge in [0.2, 0.25) is 0 Å². The maximum absolute atomic E-state index is 12.1. The molecule has 1 aromatic heterocycles. The van der Waals surface area contributed by atoms with Gasteiger partial charge in [0.1, 0.15) is 6.07 Å². The van der Waals surface area contributed by atoms with Crippen LogP contribution in [0.2, 0.25) is 0 Å². The van der Waals surface area contributed by atoms with Crippen molar-refractivity contribution in [2.75, 3.05) is 50.5 Å². The van der Waals surface area contributed by atoms with E-state index in [-0.39, 0.29) is 16.9 Å². The van der Waals surface area contributed by atoms with Crippen LogP contribution in [0.3, 0.4) is 0 Å². The van der Waals surface area contributed by atoms with Gasteiger partial charge >= 0.3 is 5.97 Å². The number of hydrogen-bond acceptors (Lipinski definition) is 6. The van der Waals surface area contributed by atoms with E-state index >= 15 is 0 Å². The Hall–Kier alpha value is -2.98. The minimum atomic E-state index is -0.565. The lowest BCUT2D eigenvalue weighted by atomic mass is 10.2. The molecule has 3 rings (SSSR count). The number of nitrogens with two attached hydrogens (primary N) is 1. The zero-order valence-electron chi connectivity index (χ0n) is 15.8. The van der Waals surface area contributed by atoms with E-state index in [1.807, 2.05) is 30.3 Å². The van der Waals surface area contributed by atoms with Gasteiger partial charge in [0, 0.05) is 43.8 Å². The van der Waals surface area contributed by atoms with Gasteiger partial charge in [0.25, 0.3) is 0 Å². The third-order valence-electron chi connectivity index (χ3n) is 4.95. The fourth-order valence-corrected chi connectivity index (χ4v) is 3.49. The predicted octanol–water partition coefficient (Wildman–Crippen LogP) is 2.25. The lowest BCUT2D eigenvalue weighted by Gasteiger charge is -2.36. The summed E-state index contributed by atoms with van der Waals surface area (Å²) >= 11 is 0. The van der Waals surface area contributed by atoms with E-state index in [0.717, 1.165) is 44.1 Å². The molecule has 0 radical (unpaired) electrons. The molecular weight excluding hydrogens is 342 g/mol. The van der Waals surface area contributed by atoms with E-state index < -0.39 is 5.97 Å². The Morgan fingerprint density at radius 3 is 2.37 bits per heavy atom. The number of ether oxygens (including phenoxy) is 1. The van der Waals surface area contributed by atoms with Gasteiger partial charge in [-0.15, -0.1) is 0 Å². The average molecular weight is 367 g/mol. The summed E-state index contributed by atoms with van der Waals surface area (Å²) in [4.78, 5) is 17.0. The molecule has 0 atom stereocenters. The van der Waals surface area contributed by atoms with Crippen LogP contribution in [0.5, 0.6) is 0 Å². The predicted molar refractivity (Wildman–Crippen MR) is 105 cm³/mol. The van der Waals surface area contributed by atoms with E-state index in [0.29, 0.717) is 0 Å². The first-order valence-electron chi connectivity index (χ1n) is 9.16. The zero-order chi connectivity index (χ0) is 19.4. The second-order valence-corrected chi connectivity index (χ2v) is 6.62. The molecule has 0 amide bonds. The minimum Gasteiger partial charge on any atom is -0.464 e. The number of hydrogen-bond donors (Lipinski definition) is 1. The summed E-state index contributed by atoms with van der Waals surface area (Å²) in [5.41, 5.74) is 8.44. The lowest BCUT2D eigenvalue weighted by molar-refractivity contribution is 0.0593. The van der Waals surface area contributed by atoms with Gasteiger partial charge in [-0.2, -0.15) is 5.26 Å². The molecule has 0 spiro atoms. The molecule has 0 aliphatic carbocycles. The maximum Gasteiger partial charge on any atom is 0.357 e. The maximum atomic E-state index is 12.1. The van der Waals surface area contributed by atoms with Crippen molar-refractivity contribution in [2.45, 2.75) is 13.3 Å². The van der Waals surface area contributed by atoms with Gasteiger partial charge in [-0.25, -0.2) is 4.79 Å². The summed E-state index contributed by atoms with van der Waals surface area (Å²) in [7, 11) is 1.30. The fourth-order valence-electron chi connectivity index (χ4n) is 3.49. The monoisotopic (exact) mass is 367 g/mol. The molecule has 0 saturated carbocycles. The van der Waals surface area contributed by atoms with Crippen molar-refractivity contribution in [1.82, 2.24) is 9.47 Å². The van der Waals surface area contributed by atoms with Crippen molar-refractivity contribution < 1.29 is 9.53 Å². The largest absolute Gasteiger partial charge is 0.464 e. The molecule has 142 valence electrons. The summed E-state index contributed by atoms with van der Waals surface area (Å²) in [6, 6.07) is 9.95. The minimum absolute atomic E-state index is 0.139. The first-order valence-corrected chi connectivity index (χ1v) is 9.16. The zero-order valence-corrected chi connectivity index (χ0v) is 15.8. The van der Waals surface area contributed by atoms with Crippen LogP contribution in [-0.4, -0.2) is 55.3 Å². The SMILES string of the molecule is CCCN1CCN(c2ccc(-n3cc(C#N)c(N)c3C(=O)OC)cc2)CC1. The molecule has 1 saturated heterocycles. The Bertz CT molecular complexity index is 842. The molecule has 7 nitrogen and oxygen atoms in total. The molecule has 1 fully saturated rings. The Balaban J connectivity index is 1.82. The van der Waals surface area contributed by atoms with Crippen LogP contribution in [0.4, 0.5) is 11.4 Å². The first kappa shape index (κ1) is 18.8. The van der Waals surface area contributed by atoms with Crippen LogP contribution in [0.15, 0.2) is 30.5 Å². The molecule has 0 unspecified atom stereocenters. The number of anilines is 2. The number of nitriles is 1. The highest BCUT2D eigenvalue weighted by molar-refractivity contribution is 5.95. The molecule has 1 aliphatic rings. The number of piperazine rings is 1. The van der Waals surface area contributed by atoms with Crippen LogP contribution < -0.4 is 10.6 Å². The molecule has 2 heterocycles. The first-order chi connectivity index (χ1) is 13.1. The highest BCUT2D eigenvalue weighted by atomic mass is 16.5. The average Bonchev–Trinajstić information content (AvgIpc) is 3.05. The number of carbonyl (C=O) groups excluding carboxylic acids is 1. The van der Waals surface area contributed by atoms with Gasteiger partial charge in [-0.3, -0.25) is 4.90 Å². The lowest BCUT2D eigenvalue weighted by Crippen LogP contribution is -2.46. The number of carbonyl (C=O) groups is 1. The number of rotatable bonds is 5. The third kappa shape index (κ3) is 3.76. The molecule has 27 heavy (non-hydrogen) atoms. The topological polar surface area (TPSA) is 87.5 Å². The van der Waals surface area contributed by atoms with Crippen molar-refractivity contribution in [1.29, 1.82) is 5.26 Å². The summed E-state index contributed by atoms with van der Waals surface area (Å²) in [5, 5.41) is 9.23. The molecule has 0 bridgehead atoms. The summed E-state index contributed by atoms with van der Waals surface area (Å²) in [6.45, 7) is 7.51. The van der Waals surface area contributed by atoms with Crippen molar-refractivity contribution in [2.24, 2.45) is 0 Å². The highest BCUT2D eigenvalue weighted by Crippen LogP contribution is 2.26. The van der Waals surface area contributed by atoms with Crippen LogP contribution in [0, 0.1) is 11.3 Å². The number of nitrogens with zero attached hydrogens (tertiary/aromatic N) is 4. The number of methoxy groups -OCH3 is 1. The van der Waals surface area contributed by atoms with E-state index in [4.69, 9.17) is 10.5 Å². The van der Waals surface area contributed by atoms with Crippen LogP contribution in [-0.2, 0) is 4.74 Å². The molecule has 2 aromatic rings. The van der Waals surface area contributed by atoms with Crippen molar-refractivity contribution in [3.8, 4) is 11.8 Å². The molecule has 7 heteroatoms. The van der Waals surface area contributed by atoms with Crippen molar-refractivity contribution in [3.05, 3.63) is 41.7 Å². The Labute approximate surface area is 159 Å². The van der Waals surface area contributed by atoms with E-state index in [9.17, 15) is 10.1 Å². The third-order valence-corrected chi connectivity index (χ3v) is 4.95. The molecule has 1 aliphatic heterocycles. The van der Waals surface area contributed by atoms with Gasteiger partial charge in [-0.1, -0.05) is 6.92 Å². The summed E-state index contributed by atoms with van der Waals surface area (Å²) in [5.74, 6) is -0.565. The number of benzene rings is 1. The number of aromatic nitrogens is 1. The molecule has 2 N–H and O–H groups in total. The van der Waals surface area contributed by atoms with Crippen LogP contribution in [0.1, 0.15) is 29.4 Å². The second kappa shape index (κ2) is 8.14. The number of nitrogen functional groups attached to an aromatic ring is 1. The standard InChI is InChI=1S/C20H25N5O2/c1-3-8-23-9-11-24(12-10-23)16-4-6-17(7-5-16)25-14-15(13-21)18(22)19(25)20(26)27-2/h4-7,14H,3,8-12,22H2,1-2H3. The van der Waals surface area contributed by atoms with E-state index in [2.05, 4.69) is 16.7 Å². The van der Waals surface area contributed by atoms with Gasteiger partial charge in [0.15, 0.2) is 5.69 Å².